The maximum atomic E-state index is 13.4. The molecule has 0 heterocycles. The number of benzene rings is 1. The third-order valence-electron chi connectivity index (χ3n) is 3.33. The first-order valence-corrected chi connectivity index (χ1v) is 6.84. The Morgan fingerprint density at radius 2 is 2.16 bits per heavy atom. The summed E-state index contributed by atoms with van der Waals surface area (Å²) < 4.78 is 18.4. The van der Waals surface area contributed by atoms with Crippen LogP contribution in [-0.2, 0) is 0 Å². The van der Waals surface area contributed by atoms with Crippen molar-refractivity contribution in [3.8, 4) is 5.75 Å². The van der Waals surface area contributed by atoms with Crippen LogP contribution in [-0.4, -0.2) is 14.2 Å². The van der Waals surface area contributed by atoms with Gasteiger partial charge in [0.05, 0.1) is 7.11 Å². The van der Waals surface area contributed by atoms with Gasteiger partial charge in [0.15, 0.2) is 11.6 Å². The summed E-state index contributed by atoms with van der Waals surface area (Å²) in [6.07, 6.45) is 7.62. The molecule has 0 saturated heterocycles. The van der Waals surface area contributed by atoms with E-state index in [0.717, 1.165) is 24.8 Å². The normalized spacial score (nSPS) is 12.2. The minimum atomic E-state index is -0.313. The minimum Gasteiger partial charge on any atom is -0.494 e. The predicted molar refractivity (Wildman–Crippen MR) is 78.0 cm³/mol. The van der Waals surface area contributed by atoms with Crippen LogP contribution < -0.4 is 10.1 Å². The molecular formula is C16H24FNO. The second kappa shape index (κ2) is 8.70. The van der Waals surface area contributed by atoms with E-state index in [-0.39, 0.29) is 11.9 Å². The zero-order valence-electron chi connectivity index (χ0n) is 11.9. The fourth-order valence-corrected chi connectivity index (χ4v) is 2.18. The van der Waals surface area contributed by atoms with Crippen LogP contribution in [0.5, 0.6) is 5.75 Å². The average molecular weight is 265 g/mol. The number of ether oxygens (including phenoxy) is 1. The molecule has 0 amide bonds. The second-order valence-corrected chi connectivity index (χ2v) is 4.66. The van der Waals surface area contributed by atoms with Gasteiger partial charge >= 0.3 is 0 Å². The number of hydrogen-bond acceptors (Lipinski definition) is 2. The summed E-state index contributed by atoms with van der Waals surface area (Å²) in [5.41, 5.74) is 1.07. The van der Waals surface area contributed by atoms with Gasteiger partial charge in [-0.15, -0.1) is 6.58 Å². The first-order chi connectivity index (χ1) is 9.22. The van der Waals surface area contributed by atoms with Gasteiger partial charge in [0.2, 0.25) is 0 Å². The van der Waals surface area contributed by atoms with Crippen molar-refractivity contribution in [2.75, 3.05) is 14.2 Å². The van der Waals surface area contributed by atoms with E-state index in [1.807, 2.05) is 19.2 Å². The molecule has 0 radical (unpaired) electrons. The number of hydrogen-bond donors (Lipinski definition) is 1. The van der Waals surface area contributed by atoms with Crippen molar-refractivity contribution in [3.05, 3.63) is 42.2 Å². The van der Waals surface area contributed by atoms with Crippen LogP contribution in [0.15, 0.2) is 30.9 Å². The Morgan fingerprint density at radius 1 is 1.37 bits per heavy atom. The van der Waals surface area contributed by atoms with Crippen LogP contribution in [0.1, 0.15) is 43.7 Å². The predicted octanol–water partition coefficient (Wildman–Crippen LogP) is 4.23. The Morgan fingerprint density at radius 3 is 2.79 bits per heavy atom. The maximum absolute atomic E-state index is 13.4. The third-order valence-corrected chi connectivity index (χ3v) is 3.33. The van der Waals surface area contributed by atoms with E-state index in [4.69, 9.17) is 4.74 Å². The Kier molecular flexibility index (Phi) is 7.19. The highest BCUT2D eigenvalue weighted by atomic mass is 19.1. The third kappa shape index (κ3) is 5.03. The van der Waals surface area contributed by atoms with Crippen LogP contribution in [0.3, 0.4) is 0 Å². The van der Waals surface area contributed by atoms with Gasteiger partial charge in [0.1, 0.15) is 0 Å². The molecule has 1 unspecified atom stereocenters. The molecule has 3 heteroatoms. The van der Waals surface area contributed by atoms with Gasteiger partial charge in [-0.25, -0.2) is 4.39 Å². The number of allylic oxidation sites excluding steroid dienone is 1. The summed E-state index contributed by atoms with van der Waals surface area (Å²) in [6, 6.07) is 5.32. The second-order valence-electron chi connectivity index (χ2n) is 4.66. The minimum absolute atomic E-state index is 0.248. The molecular weight excluding hydrogens is 241 g/mol. The molecule has 0 aromatic heterocycles. The van der Waals surface area contributed by atoms with E-state index in [1.54, 1.807) is 6.07 Å². The van der Waals surface area contributed by atoms with Gasteiger partial charge in [0, 0.05) is 6.04 Å². The standard InChI is InChI=1S/C16H24FNO/c1-4-5-6-7-8-9-15(18-2)13-10-11-14(17)16(12-13)19-3/h4,10-12,15,18H,1,5-9H2,2-3H3. The Bertz CT molecular complexity index is 392. The highest BCUT2D eigenvalue weighted by Gasteiger charge is 2.11. The molecule has 0 aliphatic carbocycles. The number of rotatable bonds is 9. The molecule has 1 aromatic rings. The van der Waals surface area contributed by atoms with E-state index in [9.17, 15) is 4.39 Å². The summed E-state index contributed by atoms with van der Waals surface area (Å²) >= 11 is 0. The molecule has 1 rings (SSSR count). The first kappa shape index (κ1) is 15.7. The number of nitrogens with one attached hydrogen (secondary N) is 1. The van der Waals surface area contributed by atoms with E-state index in [2.05, 4.69) is 11.9 Å². The quantitative estimate of drug-likeness (QED) is 0.533. The lowest BCUT2D eigenvalue weighted by molar-refractivity contribution is 0.384. The molecule has 19 heavy (non-hydrogen) atoms. The SMILES string of the molecule is C=CCCCCCC(NC)c1ccc(F)c(OC)c1. The summed E-state index contributed by atoms with van der Waals surface area (Å²) in [6.45, 7) is 3.72. The smallest absolute Gasteiger partial charge is 0.165 e. The van der Waals surface area contributed by atoms with Gasteiger partial charge in [-0.05, 0) is 44.0 Å². The molecule has 0 spiro atoms. The van der Waals surface area contributed by atoms with Crippen molar-refractivity contribution in [1.29, 1.82) is 0 Å². The van der Waals surface area contributed by atoms with Gasteiger partial charge in [0.25, 0.3) is 0 Å². The van der Waals surface area contributed by atoms with Crippen LogP contribution in [0.2, 0.25) is 0 Å². The molecule has 0 fully saturated rings. The Labute approximate surface area is 115 Å². The van der Waals surface area contributed by atoms with Crippen LogP contribution in [0, 0.1) is 5.82 Å². The number of halogens is 1. The van der Waals surface area contributed by atoms with E-state index >= 15 is 0 Å². The summed E-state index contributed by atoms with van der Waals surface area (Å²) in [4.78, 5) is 0. The van der Waals surface area contributed by atoms with Crippen molar-refractivity contribution in [3.63, 3.8) is 0 Å². The molecule has 1 aromatic carbocycles. The van der Waals surface area contributed by atoms with Crippen LogP contribution >= 0.6 is 0 Å². The lowest BCUT2D eigenvalue weighted by atomic mass is 10.00. The fourth-order valence-electron chi connectivity index (χ4n) is 2.18. The molecule has 1 N–H and O–H groups in total. The van der Waals surface area contributed by atoms with Gasteiger partial charge < -0.3 is 10.1 Å². The molecule has 1 atom stereocenters. The van der Waals surface area contributed by atoms with Crippen LogP contribution in [0.4, 0.5) is 4.39 Å². The van der Waals surface area contributed by atoms with Crippen molar-refractivity contribution in [2.45, 2.75) is 38.1 Å². The molecule has 0 saturated carbocycles. The lowest BCUT2D eigenvalue weighted by Crippen LogP contribution is -2.16. The van der Waals surface area contributed by atoms with Gasteiger partial charge in [-0.3, -0.25) is 0 Å². The van der Waals surface area contributed by atoms with E-state index in [1.165, 1.54) is 26.0 Å². The highest BCUT2D eigenvalue weighted by Crippen LogP contribution is 2.25. The fraction of sp³-hybridized carbons (Fsp3) is 0.500. The molecule has 0 aliphatic heterocycles. The lowest BCUT2D eigenvalue weighted by Gasteiger charge is -2.17. The Hall–Kier alpha value is -1.35. The van der Waals surface area contributed by atoms with E-state index < -0.39 is 0 Å². The zero-order chi connectivity index (χ0) is 14.1. The highest BCUT2D eigenvalue weighted by molar-refractivity contribution is 5.32. The van der Waals surface area contributed by atoms with E-state index in [0.29, 0.717) is 5.75 Å². The topological polar surface area (TPSA) is 21.3 Å². The number of unbranched alkanes of at least 4 members (excludes halogenated alkanes) is 3. The maximum Gasteiger partial charge on any atom is 0.165 e. The number of methoxy groups -OCH3 is 1. The van der Waals surface area contributed by atoms with Crippen molar-refractivity contribution in [1.82, 2.24) is 5.32 Å². The monoisotopic (exact) mass is 265 g/mol. The summed E-state index contributed by atoms with van der Waals surface area (Å²) in [5.74, 6) is -0.00325. The summed E-state index contributed by atoms with van der Waals surface area (Å²) in [7, 11) is 3.43. The van der Waals surface area contributed by atoms with Crippen molar-refractivity contribution in [2.24, 2.45) is 0 Å². The largest absolute Gasteiger partial charge is 0.494 e. The first-order valence-electron chi connectivity index (χ1n) is 6.84. The molecule has 106 valence electrons. The molecule has 0 bridgehead atoms. The van der Waals surface area contributed by atoms with Crippen molar-refractivity contribution < 1.29 is 9.13 Å². The van der Waals surface area contributed by atoms with Crippen LogP contribution in [0.25, 0.3) is 0 Å². The van der Waals surface area contributed by atoms with Gasteiger partial charge in [-0.2, -0.15) is 0 Å². The van der Waals surface area contributed by atoms with Crippen molar-refractivity contribution >= 4 is 0 Å². The molecule has 2 nitrogen and oxygen atoms in total. The molecule has 0 aliphatic rings. The zero-order valence-corrected chi connectivity index (χ0v) is 11.9. The Balaban J connectivity index is 2.56. The van der Waals surface area contributed by atoms with Gasteiger partial charge in [-0.1, -0.05) is 25.0 Å². The average Bonchev–Trinajstić information content (AvgIpc) is 2.44. The summed E-state index contributed by atoms with van der Waals surface area (Å²) in [5, 5.41) is 3.28.